The van der Waals surface area contributed by atoms with Gasteiger partial charge in [-0.05, 0) is 36.4 Å². The van der Waals surface area contributed by atoms with Crippen LogP contribution in [-0.4, -0.2) is 42.0 Å². The zero-order valence-electron chi connectivity index (χ0n) is 18.4. The predicted molar refractivity (Wildman–Crippen MR) is 124 cm³/mol. The molecule has 1 amide bonds. The van der Waals surface area contributed by atoms with E-state index in [0.717, 1.165) is 5.75 Å². The summed E-state index contributed by atoms with van der Waals surface area (Å²) in [6.07, 6.45) is 0. The number of rotatable bonds is 6. The summed E-state index contributed by atoms with van der Waals surface area (Å²) in [5.74, 6) is 2.41. The van der Waals surface area contributed by atoms with Gasteiger partial charge in [-0.15, -0.1) is 0 Å². The maximum atomic E-state index is 12.7. The topological polar surface area (TPSA) is 95.7 Å². The number of carbonyl (C=O) groups is 1. The third-order valence-electron chi connectivity index (χ3n) is 5.59. The molecule has 4 aromatic rings. The van der Waals surface area contributed by atoms with Gasteiger partial charge in [-0.3, -0.25) is 4.79 Å². The lowest BCUT2D eigenvalue weighted by molar-refractivity contribution is 0.0745. The van der Waals surface area contributed by atoms with Gasteiger partial charge >= 0.3 is 0 Å². The maximum absolute atomic E-state index is 12.7. The van der Waals surface area contributed by atoms with Gasteiger partial charge in [0.25, 0.3) is 11.8 Å². The second kappa shape index (κ2) is 9.55. The Bertz CT molecular complexity index is 1300. The summed E-state index contributed by atoms with van der Waals surface area (Å²) in [5, 5.41) is 9.60. The van der Waals surface area contributed by atoms with E-state index in [-0.39, 0.29) is 24.1 Å². The molecule has 0 saturated carbocycles. The first-order chi connectivity index (χ1) is 16.7. The van der Waals surface area contributed by atoms with Gasteiger partial charge in [-0.1, -0.05) is 36.4 Å². The molecule has 0 atom stereocenters. The van der Waals surface area contributed by atoms with Crippen molar-refractivity contribution >= 4 is 11.8 Å². The molecule has 5 rings (SSSR count). The van der Waals surface area contributed by atoms with E-state index in [0.29, 0.717) is 49.1 Å². The highest BCUT2D eigenvalue weighted by atomic mass is 16.5. The monoisotopic (exact) mass is 454 g/mol. The van der Waals surface area contributed by atoms with Crippen LogP contribution in [0.25, 0.3) is 11.7 Å². The van der Waals surface area contributed by atoms with Gasteiger partial charge in [-0.25, -0.2) is 0 Å². The number of nitrogens with zero attached hydrogens (tertiary/aromatic N) is 4. The van der Waals surface area contributed by atoms with Crippen LogP contribution in [0.1, 0.15) is 21.8 Å². The van der Waals surface area contributed by atoms with Crippen LogP contribution in [0, 0.1) is 11.3 Å². The Kier molecular flexibility index (Phi) is 5.99. The Hall–Kier alpha value is -4.51. The SMILES string of the molecule is N#Cc1nc(-c2ccc(COc3ccccc3)o2)oc1N1CCN(C(=O)c2ccccc2)CC1. The zero-order chi connectivity index (χ0) is 23.3. The average molecular weight is 454 g/mol. The number of amides is 1. The van der Waals surface area contributed by atoms with Gasteiger partial charge in [0.15, 0.2) is 5.76 Å². The van der Waals surface area contributed by atoms with Gasteiger partial charge in [-0.2, -0.15) is 10.2 Å². The molecule has 34 heavy (non-hydrogen) atoms. The molecule has 8 heteroatoms. The van der Waals surface area contributed by atoms with Crippen molar-refractivity contribution in [1.82, 2.24) is 9.88 Å². The number of hydrogen-bond acceptors (Lipinski definition) is 7. The van der Waals surface area contributed by atoms with Gasteiger partial charge in [0.2, 0.25) is 11.6 Å². The lowest BCUT2D eigenvalue weighted by Crippen LogP contribution is -2.48. The number of ether oxygens (including phenoxy) is 1. The van der Waals surface area contributed by atoms with E-state index in [1.807, 2.05) is 65.6 Å². The number of hydrogen-bond donors (Lipinski definition) is 0. The molecular weight excluding hydrogens is 432 g/mol. The molecule has 3 heterocycles. The molecule has 0 unspecified atom stereocenters. The first kappa shape index (κ1) is 21.3. The molecule has 8 nitrogen and oxygen atoms in total. The van der Waals surface area contributed by atoms with Gasteiger partial charge < -0.3 is 23.4 Å². The normalized spacial score (nSPS) is 13.5. The summed E-state index contributed by atoms with van der Waals surface area (Å²) in [6.45, 7) is 2.39. The molecule has 0 N–H and O–H groups in total. The quantitative estimate of drug-likeness (QED) is 0.427. The summed E-state index contributed by atoms with van der Waals surface area (Å²) < 4.78 is 17.5. The fraction of sp³-hybridized carbons (Fsp3) is 0.192. The molecule has 0 bridgehead atoms. The molecule has 2 aromatic carbocycles. The van der Waals surface area contributed by atoms with Crippen LogP contribution in [0.5, 0.6) is 5.75 Å². The van der Waals surface area contributed by atoms with Crippen molar-refractivity contribution in [3.05, 3.63) is 89.8 Å². The summed E-state index contributed by atoms with van der Waals surface area (Å²) in [6, 6.07) is 24.3. The number of aromatic nitrogens is 1. The van der Waals surface area contributed by atoms with Crippen molar-refractivity contribution < 1.29 is 18.4 Å². The van der Waals surface area contributed by atoms with E-state index < -0.39 is 0 Å². The first-order valence-electron chi connectivity index (χ1n) is 11.0. The highest BCUT2D eigenvalue weighted by molar-refractivity contribution is 5.94. The molecule has 0 spiro atoms. The van der Waals surface area contributed by atoms with Crippen LogP contribution in [-0.2, 0) is 6.61 Å². The van der Waals surface area contributed by atoms with E-state index in [1.54, 1.807) is 17.0 Å². The van der Waals surface area contributed by atoms with Crippen molar-refractivity contribution in [2.24, 2.45) is 0 Å². The second-order valence-electron chi connectivity index (χ2n) is 7.80. The Morgan fingerprint density at radius 2 is 1.65 bits per heavy atom. The van der Waals surface area contributed by atoms with E-state index in [1.165, 1.54) is 0 Å². The van der Waals surface area contributed by atoms with Crippen LogP contribution in [0.15, 0.2) is 81.6 Å². The highest BCUT2D eigenvalue weighted by Crippen LogP contribution is 2.30. The molecule has 2 aromatic heterocycles. The van der Waals surface area contributed by atoms with Gasteiger partial charge in [0, 0.05) is 31.7 Å². The predicted octanol–water partition coefficient (Wildman–Crippen LogP) is 4.35. The van der Waals surface area contributed by atoms with Crippen LogP contribution in [0.3, 0.4) is 0 Å². The molecule has 1 aliphatic rings. The largest absolute Gasteiger partial charge is 0.486 e. The minimum Gasteiger partial charge on any atom is -0.486 e. The van der Waals surface area contributed by atoms with E-state index in [4.69, 9.17) is 13.6 Å². The minimum atomic E-state index is -0.000137. The number of benzene rings is 2. The molecule has 1 aliphatic heterocycles. The lowest BCUT2D eigenvalue weighted by Gasteiger charge is -2.34. The Morgan fingerprint density at radius 1 is 0.941 bits per heavy atom. The van der Waals surface area contributed by atoms with Crippen LogP contribution in [0.2, 0.25) is 0 Å². The van der Waals surface area contributed by atoms with Crippen LogP contribution >= 0.6 is 0 Å². The fourth-order valence-corrected chi connectivity index (χ4v) is 3.82. The summed E-state index contributed by atoms with van der Waals surface area (Å²) in [4.78, 5) is 20.8. The van der Waals surface area contributed by atoms with E-state index in [9.17, 15) is 10.1 Å². The number of anilines is 1. The number of piperazine rings is 1. The number of para-hydroxylation sites is 1. The average Bonchev–Trinajstić information content (AvgIpc) is 3.55. The molecule has 170 valence electrons. The maximum Gasteiger partial charge on any atom is 0.266 e. The minimum absolute atomic E-state index is 0.000137. The number of furan rings is 1. The molecule has 0 aliphatic carbocycles. The number of nitriles is 1. The lowest BCUT2D eigenvalue weighted by atomic mass is 10.2. The van der Waals surface area contributed by atoms with E-state index >= 15 is 0 Å². The summed E-state index contributed by atoms with van der Waals surface area (Å²) >= 11 is 0. The molecular formula is C26H22N4O4. The first-order valence-corrected chi connectivity index (χ1v) is 11.0. The smallest absolute Gasteiger partial charge is 0.266 e. The Morgan fingerprint density at radius 3 is 2.35 bits per heavy atom. The Labute approximate surface area is 196 Å². The van der Waals surface area contributed by atoms with Crippen molar-refractivity contribution in [1.29, 1.82) is 5.26 Å². The highest BCUT2D eigenvalue weighted by Gasteiger charge is 2.27. The fourth-order valence-electron chi connectivity index (χ4n) is 3.82. The van der Waals surface area contributed by atoms with Crippen LogP contribution in [0.4, 0.5) is 5.88 Å². The summed E-state index contributed by atoms with van der Waals surface area (Å²) in [7, 11) is 0. The molecule has 0 radical (unpaired) electrons. The molecule has 1 fully saturated rings. The zero-order valence-corrected chi connectivity index (χ0v) is 18.4. The van der Waals surface area contributed by atoms with Gasteiger partial charge in [0.1, 0.15) is 24.2 Å². The third-order valence-corrected chi connectivity index (χ3v) is 5.59. The van der Waals surface area contributed by atoms with Crippen molar-refractivity contribution in [3.63, 3.8) is 0 Å². The second-order valence-corrected chi connectivity index (χ2v) is 7.80. The summed E-state index contributed by atoms with van der Waals surface area (Å²) in [5.41, 5.74) is 0.858. The third kappa shape index (κ3) is 4.50. The van der Waals surface area contributed by atoms with Crippen molar-refractivity contribution in [2.75, 3.05) is 31.1 Å². The van der Waals surface area contributed by atoms with Crippen molar-refractivity contribution in [3.8, 4) is 23.5 Å². The van der Waals surface area contributed by atoms with Gasteiger partial charge in [0.05, 0.1) is 0 Å². The molecule has 1 saturated heterocycles. The standard InChI is InChI=1S/C26H22N4O4/c27-17-22-26(30-15-13-29(14-16-30)25(31)19-7-3-1-4-8-19)34-24(28-22)23-12-11-21(33-23)18-32-20-9-5-2-6-10-20/h1-12H,13-16,18H2. The Balaban J connectivity index is 1.25. The number of carbonyl (C=O) groups excluding carboxylic acids is 1. The number of oxazole rings is 1. The van der Waals surface area contributed by atoms with Crippen molar-refractivity contribution in [2.45, 2.75) is 6.61 Å². The van der Waals surface area contributed by atoms with Crippen LogP contribution < -0.4 is 9.64 Å². The van der Waals surface area contributed by atoms with E-state index in [2.05, 4.69) is 11.1 Å².